The zero-order valence-corrected chi connectivity index (χ0v) is 19.9. The molecule has 36 heavy (non-hydrogen) atoms. The number of amides is 2. The van der Waals surface area contributed by atoms with Gasteiger partial charge in [0.1, 0.15) is 11.8 Å². The molecule has 1 aliphatic rings. The van der Waals surface area contributed by atoms with Crippen LogP contribution in [0.15, 0.2) is 79.0 Å². The van der Waals surface area contributed by atoms with E-state index in [0.29, 0.717) is 24.0 Å². The third-order valence-electron chi connectivity index (χ3n) is 6.37. The van der Waals surface area contributed by atoms with Crippen molar-refractivity contribution < 1.29 is 24.4 Å². The first-order chi connectivity index (χ1) is 17.5. The summed E-state index contributed by atoms with van der Waals surface area (Å²) in [7, 11) is -1.68. The molecule has 2 amide bonds. The van der Waals surface area contributed by atoms with Gasteiger partial charge in [0.15, 0.2) is 0 Å². The second kappa shape index (κ2) is 12.3. The Bertz CT molecular complexity index is 1130. The number of rotatable bonds is 11. The van der Waals surface area contributed by atoms with E-state index < -0.39 is 30.9 Å². The maximum atomic E-state index is 13.2. The molecule has 0 saturated heterocycles. The Morgan fingerprint density at radius 3 is 2.25 bits per heavy atom. The minimum Gasteiger partial charge on any atom is -0.439 e. The number of hydrogen-bond acceptors (Lipinski definition) is 6. The third kappa shape index (κ3) is 7.16. The van der Waals surface area contributed by atoms with Crippen LogP contribution in [0.3, 0.4) is 0 Å². The van der Waals surface area contributed by atoms with Crippen molar-refractivity contribution in [3.63, 3.8) is 0 Å². The summed E-state index contributed by atoms with van der Waals surface area (Å²) >= 11 is 0. The zero-order valence-electron chi connectivity index (χ0n) is 19.9. The van der Waals surface area contributed by atoms with Gasteiger partial charge >= 0.3 is 7.12 Å². The van der Waals surface area contributed by atoms with Crippen molar-refractivity contribution >= 4 is 18.9 Å². The van der Waals surface area contributed by atoms with E-state index in [4.69, 9.17) is 4.74 Å². The molecule has 0 aliphatic heterocycles. The number of nitrogens with zero attached hydrogens (tertiary/aromatic N) is 1. The Labute approximate surface area is 210 Å². The summed E-state index contributed by atoms with van der Waals surface area (Å²) < 4.78 is 5.67. The van der Waals surface area contributed by atoms with Crippen LogP contribution < -0.4 is 15.4 Å². The number of para-hydroxylation sites is 1. The van der Waals surface area contributed by atoms with Gasteiger partial charge in [-0.05, 0) is 36.1 Å². The first-order valence-corrected chi connectivity index (χ1v) is 12.2. The Kier molecular flexibility index (Phi) is 8.70. The molecular weight excluding hydrogens is 457 g/mol. The van der Waals surface area contributed by atoms with Crippen LogP contribution >= 0.6 is 0 Å². The van der Waals surface area contributed by atoms with E-state index in [1.807, 2.05) is 48.5 Å². The van der Waals surface area contributed by atoms with Gasteiger partial charge in [-0.3, -0.25) is 9.59 Å². The lowest BCUT2D eigenvalue weighted by Gasteiger charge is -2.30. The highest BCUT2D eigenvalue weighted by Gasteiger charge is 2.33. The van der Waals surface area contributed by atoms with E-state index >= 15 is 0 Å². The first kappa shape index (κ1) is 25.4. The van der Waals surface area contributed by atoms with Crippen molar-refractivity contribution in [3.8, 4) is 11.6 Å². The molecule has 4 N–H and O–H groups in total. The lowest BCUT2D eigenvalue weighted by molar-refractivity contribution is -0.123. The van der Waals surface area contributed by atoms with E-state index in [1.54, 1.807) is 24.3 Å². The molecule has 2 atom stereocenters. The summed E-state index contributed by atoms with van der Waals surface area (Å²) in [5.74, 6) is -0.404. The van der Waals surface area contributed by atoms with Gasteiger partial charge in [0.25, 0.3) is 5.91 Å². The lowest BCUT2D eigenvalue weighted by atomic mass is 9.69. The fraction of sp³-hybridized carbons (Fsp3) is 0.296. The number of hydrogen-bond donors (Lipinski definition) is 4. The van der Waals surface area contributed by atoms with Crippen LogP contribution in [-0.2, 0) is 11.2 Å². The predicted octanol–water partition coefficient (Wildman–Crippen LogP) is 2.90. The first-order valence-electron chi connectivity index (χ1n) is 12.2. The van der Waals surface area contributed by atoms with Crippen molar-refractivity contribution in [2.75, 3.05) is 0 Å². The molecule has 1 unspecified atom stereocenters. The predicted molar refractivity (Wildman–Crippen MR) is 136 cm³/mol. The molecule has 8 nitrogen and oxygen atoms in total. The van der Waals surface area contributed by atoms with Crippen LogP contribution in [0.25, 0.3) is 0 Å². The van der Waals surface area contributed by atoms with Crippen molar-refractivity contribution in [1.29, 1.82) is 0 Å². The second-order valence-corrected chi connectivity index (χ2v) is 9.08. The maximum Gasteiger partial charge on any atom is 0.475 e. The molecule has 1 heterocycles. The summed E-state index contributed by atoms with van der Waals surface area (Å²) in [4.78, 5) is 30.4. The van der Waals surface area contributed by atoms with E-state index in [1.165, 1.54) is 6.20 Å². The highest BCUT2D eigenvalue weighted by Crippen LogP contribution is 2.30. The van der Waals surface area contributed by atoms with Crippen LogP contribution in [0.2, 0.25) is 0 Å². The standard InChI is InChI=1S/C27H30BN3O5/c32-26(21-14-15-25(29-18-21)36-22-12-5-2-6-13-22)30-23(16-19-8-3-1-4-9-19)27(33)31-24(28(34)35)17-20-10-7-11-20/h1-6,8-9,12-15,18,20,23-24,34-35H,7,10-11,16-17H2,(H,30,32)(H,31,33)/t23-,24?/m0/s1. The smallest absolute Gasteiger partial charge is 0.439 e. The lowest BCUT2D eigenvalue weighted by Crippen LogP contribution is -2.55. The Hall–Kier alpha value is -3.69. The Balaban J connectivity index is 1.44. The third-order valence-corrected chi connectivity index (χ3v) is 6.37. The number of aromatic nitrogens is 1. The summed E-state index contributed by atoms with van der Waals surface area (Å²) in [6.07, 6.45) is 5.27. The molecule has 4 rings (SSSR count). The van der Waals surface area contributed by atoms with E-state index in [2.05, 4.69) is 15.6 Å². The molecule has 2 aromatic carbocycles. The highest BCUT2D eigenvalue weighted by atomic mass is 16.5. The molecule has 0 bridgehead atoms. The van der Waals surface area contributed by atoms with Gasteiger partial charge in [-0.25, -0.2) is 4.98 Å². The molecular formula is C27H30BN3O5. The van der Waals surface area contributed by atoms with Gasteiger partial charge in [-0.15, -0.1) is 0 Å². The van der Waals surface area contributed by atoms with Crippen molar-refractivity contribution in [2.45, 2.75) is 44.1 Å². The van der Waals surface area contributed by atoms with Gasteiger partial charge in [0, 0.05) is 18.7 Å². The van der Waals surface area contributed by atoms with Crippen molar-refractivity contribution in [1.82, 2.24) is 15.6 Å². The number of ether oxygens (including phenoxy) is 1. The van der Waals surface area contributed by atoms with Gasteiger partial charge in [0.2, 0.25) is 11.8 Å². The largest absolute Gasteiger partial charge is 0.475 e. The summed E-state index contributed by atoms with van der Waals surface area (Å²) in [5, 5.41) is 25.2. The fourth-order valence-electron chi connectivity index (χ4n) is 4.11. The number of carbonyl (C=O) groups excluding carboxylic acids is 2. The summed E-state index contributed by atoms with van der Waals surface area (Å²) in [6, 6.07) is 20.8. The van der Waals surface area contributed by atoms with Crippen LogP contribution in [-0.4, -0.2) is 45.9 Å². The topological polar surface area (TPSA) is 121 Å². The van der Waals surface area contributed by atoms with E-state index in [9.17, 15) is 19.6 Å². The van der Waals surface area contributed by atoms with Gasteiger partial charge in [0.05, 0.1) is 11.5 Å². The van der Waals surface area contributed by atoms with E-state index in [-0.39, 0.29) is 12.0 Å². The van der Waals surface area contributed by atoms with Crippen molar-refractivity contribution in [2.24, 2.45) is 5.92 Å². The Morgan fingerprint density at radius 1 is 0.972 bits per heavy atom. The zero-order chi connectivity index (χ0) is 25.3. The molecule has 0 spiro atoms. The van der Waals surface area contributed by atoms with Crippen LogP contribution in [0.5, 0.6) is 11.6 Å². The number of nitrogens with one attached hydrogen (secondary N) is 2. The normalized spacial score (nSPS) is 14.7. The van der Waals surface area contributed by atoms with Gasteiger partial charge in [-0.2, -0.15) is 0 Å². The molecule has 1 fully saturated rings. The molecule has 0 radical (unpaired) electrons. The SMILES string of the molecule is O=C(N[C@@H](Cc1ccccc1)C(=O)NC(CC1CCC1)B(O)O)c1ccc(Oc2ccccc2)nc1. The maximum absolute atomic E-state index is 13.2. The fourth-order valence-corrected chi connectivity index (χ4v) is 4.11. The average Bonchev–Trinajstić information content (AvgIpc) is 2.86. The van der Waals surface area contributed by atoms with Crippen LogP contribution in [0, 0.1) is 5.92 Å². The monoisotopic (exact) mass is 487 g/mol. The average molecular weight is 487 g/mol. The minimum atomic E-state index is -1.68. The molecule has 1 aromatic heterocycles. The highest BCUT2D eigenvalue weighted by molar-refractivity contribution is 6.43. The molecule has 9 heteroatoms. The number of pyridine rings is 1. The minimum absolute atomic E-state index is 0.249. The molecule has 1 aliphatic carbocycles. The molecule has 186 valence electrons. The van der Waals surface area contributed by atoms with Gasteiger partial charge < -0.3 is 25.4 Å². The van der Waals surface area contributed by atoms with Crippen LogP contribution in [0.4, 0.5) is 0 Å². The number of benzene rings is 2. The quantitative estimate of drug-likeness (QED) is 0.309. The number of carbonyl (C=O) groups is 2. The van der Waals surface area contributed by atoms with E-state index in [0.717, 1.165) is 24.8 Å². The van der Waals surface area contributed by atoms with Crippen molar-refractivity contribution in [3.05, 3.63) is 90.1 Å². The molecule has 1 saturated carbocycles. The summed E-state index contributed by atoms with van der Waals surface area (Å²) in [6.45, 7) is 0. The van der Waals surface area contributed by atoms with Gasteiger partial charge in [-0.1, -0.05) is 67.8 Å². The summed E-state index contributed by atoms with van der Waals surface area (Å²) in [5.41, 5.74) is 1.14. The van der Waals surface area contributed by atoms with Crippen LogP contribution in [0.1, 0.15) is 41.6 Å². The Morgan fingerprint density at radius 2 is 1.67 bits per heavy atom. The second-order valence-electron chi connectivity index (χ2n) is 9.08. The molecule has 3 aromatic rings.